The first kappa shape index (κ1) is 9.96. The number of aliphatic hydroxyl groups excluding tert-OH is 1. The van der Waals surface area contributed by atoms with Gasteiger partial charge in [-0.2, -0.15) is 0 Å². The van der Waals surface area contributed by atoms with Crippen molar-refractivity contribution in [2.75, 3.05) is 19.7 Å². The molecule has 1 fully saturated rings. The summed E-state index contributed by atoms with van der Waals surface area (Å²) in [5.74, 6) is 0. The van der Waals surface area contributed by atoms with E-state index < -0.39 is 0 Å². The van der Waals surface area contributed by atoms with Crippen molar-refractivity contribution in [3.8, 4) is 0 Å². The summed E-state index contributed by atoms with van der Waals surface area (Å²) in [5.41, 5.74) is 5.57. The number of hydrogen-bond acceptors (Lipinski definition) is 3. The van der Waals surface area contributed by atoms with E-state index in [-0.39, 0.29) is 12.6 Å². The van der Waals surface area contributed by atoms with Gasteiger partial charge in [0.05, 0.1) is 6.61 Å². The lowest BCUT2D eigenvalue weighted by atomic mass is 10.0. The first-order chi connectivity index (χ1) is 5.79. The highest BCUT2D eigenvalue weighted by Gasteiger charge is 2.24. The van der Waals surface area contributed by atoms with Crippen LogP contribution in [-0.4, -0.2) is 41.8 Å². The van der Waals surface area contributed by atoms with Crippen LogP contribution in [0.3, 0.4) is 0 Å². The fraction of sp³-hybridized carbons (Fsp3) is 1.00. The van der Waals surface area contributed by atoms with Gasteiger partial charge in [-0.05, 0) is 26.3 Å². The third-order valence-corrected chi connectivity index (χ3v) is 2.81. The average Bonchev–Trinajstić information content (AvgIpc) is 2.10. The average molecular weight is 172 g/mol. The van der Waals surface area contributed by atoms with Crippen LogP contribution in [0, 0.1) is 0 Å². The molecule has 12 heavy (non-hydrogen) atoms. The van der Waals surface area contributed by atoms with E-state index in [1.165, 1.54) is 19.3 Å². The van der Waals surface area contributed by atoms with Crippen molar-refractivity contribution in [2.24, 2.45) is 5.73 Å². The molecular formula is C9H20N2O. The van der Waals surface area contributed by atoms with Gasteiger partial charge in [-0.3, -0.25) is 4.90 Å². The Labute approximate surface area is 74.5 Å². The van der Waals surface area contributed by atoms with Crippen LogP contribution in [0.4, 0.5) is 0 Å². The summed E-state index contributed by atoms with van der Waals surface area (Å²) in [4.78, 5) is 2.34. The van der Waals surface area contributed by atoms with Crippen LogP contribution in [0.2, 0.25) is 0 Å². The lowest BCUT2D eigenvalue weighted by molar-refractivity contribution is 0.0692. The van der Waals surface area contributed by atoms with Crippen LogP contribution in [0.15, 0.2) is 0 Å². The molecule has 1 saturated heterocycles. The minimum absolute atomic E-state index is 0.181. The molecule has 2 atom stereocenters. The van der Waals surface area contributed by atoms with E-state index in [1.54, 1.807) is 0 Å². The van der Waals surface area contributed by atoms with Gasteiger partial charge in [0.25, 0.3) is 0 Å². The van der Waals surface area contributed by atoms with Gasteiger partial charge >= 0.3 is 0 Å². The van der Waals surface area contributed by atoms with Crippen LogP contribution >= 0.6 is 0 Å². The van der Waals surface area contributed by atoms with Gasteiger partial charge < -0.3 is 10.8 Å². The van der Waals surface area contributed by atoms with Crippen LogP contribution in [0.25, 0.3) is 0 Å². The smallest absolute Gasteiger partial charge is 0.0599 e. The highest BCUT2D eigenvalue weighted by molar-refractivity contribution is 4.80. The Morgan fingerprint density at radius 1 is 1.58 bits per heavy atom. The Morgan fingerprint density at radius 2 is 2.33 bits per heavy atom. The maximum Gasteiger partial charge on any atom is 0.0599 e. The molecule has 1 rings (SSSR count). The third-order valence-electron chi connectivity index (χ3n) is 2.81. The van der Waals surface area contributed by atoms with Gasteiger partial charge in [-0.15, -0.1) is 0 Å². The Kier molecular flexibility index (Phi) is 3.98. The van der Waals surface area contributed by atoms with Crippen molar-refractivity contribution in [1.29, 1.82) is 0 Å². The summed E-state index contributed by atoms with van der Waals surface area (Å²) in [6, 6.07) is 0.778. The number of nitrogens with zero attached hydrogens (tertiary/aromatic N) is 1. The van der Waals surface area contributed by atoms with Crippen molar-refractivity contribution >= 4 is 0 Å². The molecule has 0 aromatic heterocycles. The van der Waals surface area contributed by atoms with Crippen LogP contribution < -0.4 is 5.73 Å². The largest absolute Gasteiger partial charge is 0.395 e. The summed E-state index contributed by atoms with van der Waals surface area (Å²) < 4.78 is 0. The molecule has 0 aromatic carbocycles. The molecule has 0 spiro atoms. The third kappa shape index (κ3) is 2.19. The van der Waals surface area contributed by atoms with Gasteiger partial charge in [-0.1, -0.05) is 6.42 Å². The lowest BCUT2D eigenvalue weighted by Gasteiger charge is -2.38. The van der Waals surface area contributed by atoms with Crippen molar-refractivity contribution < 1.29 is 5.11 Å². The Morgan fingerprint density at radius 3 is 2.83 bits per heavy atom. The van der Waals surface area contributed by atoms with E-state index in [9.17, 15) is 0 Å². The first-order valence-electron chi connectivity index (χ1n) is 4.86. The summed E-state index contributed by atoms with van der Waals surface area (Å²) in [7, 11) is 0. The zero-order chi connectivity index (χ0) is 8.97. The predicted octanol–water partition coefficient (Wildman–Crippen LogP) is 0.180. The number of nitrogens with two attached hydrogens (primary N) is 1. The zero-order valence-electron chi connectivity index (χ0n) is 7.87. The SMILES string of the molecule is CC1CCCCN1C(CN)CO. The van der Waals surface area contributed by atoms with E-state index in [2.05, 4.69) is 11.8 Å². The molecule has 0 radical (unpaired) electrons. The molecule has 2 unspecified atom stereocenters. The van der Waals surface area contributed by atoms with E-state index in [4.69, 9.17) is 10.8 Å². The van der Waals surface area contributed by atoms with Crippen LogP contribution in [-0.2, 0) is 0 Å². The molecule has 0 amide bonds. The van der Waals surface area contributed by atoms with Gasteiger partial charge in [-0.25, -0.2) is 0 Å². The minimum Gasteiger partial charge on any atom is -0.395 e. The quantitative estimate of drug-likeness (QED) is 0.638. The van der Waals surface area contributed by atoms with E-state index in [0.29, 0.717) is 12.6 Å². The van der Waals surface area contributed by atoms with Gasteiger partial charge in [0, 0.05) is 18.6 Å². The second kappa shape index (κ2) is 4.80. The molecule has 0 aromatic rings. The maximum absolute atomic E-state index is 9.07. The number of aliphatic hydroxyl groups is 1. The zero-order valence-corrected chi connectivity index (χ0v) is 7.87. The van der Waals surface area contributed by atoms with Gasteiger partial charge in [0.2, 0.25) is 0 Å². The molecular weight excluding hydrogens is 152 g/mol. The fourth-order valence-electron chi connectivity index (χ4n) is 1.98. The highest BCUT2D eigenvalue weighted by atomic mass is 16.3. The fourth-order valence-corrected chi connectivity index (χ4v) is 1.98. The second-order valence-corrected chi connectivity index (χ2v) is 3.65. The van der Waals surface area contributed by atoms with E-state index >= 15 is 0 Å². The van der Waals surface area contributed by atoms with Gasteiger partial charge in [0.1, 0.15) is 0 Å². The maximum atomic E-state index is 9.07. The molecule has 1 aliphatic heterocycles. The number of rotatable bonds is 3. The van der Waals surface area contributed by atoms with Crippen molar-refractivity contribution in [3.05, 3.63) is 0 Å². The molecule has 0 aliphatic carbocycles. The molecule has 3 N–H and O–H groups in total. The summed E-state index contributed by atoms with van der Waals surface area (Å²) in [6.07, 6.45) is 3.82. The van der Waals surface area contributed by atoms with Crippen LogP contribution in [0.1, 0.15) is 26.2 Å². The van der Waals surface area contributed by atoms with E-state index in [0.717, 1.165) is 6.54 Å². The summed E-state index contributed by atoms with van der Waals surface area (Å²) >= 11 is 0. The van der Waals surface area contributed by atoms with Crippen LogP contribution in [0.5, 0.6) is 0 Å². The van der Waals surface area contributed by atoms with E-state index in [1.807, 2.05) is 0 Å². The highest BCUT2D eigenvalue weighted by Crippen LogP contribution is 2.18. The van der Waals surface area contributed by atoms with Gasteiger partial charge in [0.15, 0.2) is 0 Å². The lowest BCUT2D eigenvalue weighted by Crippen LogP contribution is -2.49. The molecule has 0 bridgehead atoms. The molecule has 0 saturated carbocycles. The Hall–Kier alpha value is -0.120. The molecule has 72 valence electrons. The monoisotopic (exact) mass is 172 g/mol. The topological polar surface area (TPSA) is 49.5 Å². The first-order valence-corrected chi connectivity index (χ1v) is 4.86. The minimum atomic E-state index is 0.181. The molecule has 3 heteroatoms. The van der Waals surface area contributed by atoms with Crippen molar-refractivity contribution in [1.82, 2.24) is 4.90 Å². The second-order valence-electron chi connectivity index (χ2n) is 3.65. The standard InChI is InChI=1S/C9H20N2O/c1-8-4-2-3-5-11(8)9(6-10)7-12/h8-9,12H,2-7,10H2,1H3. The van der Waals surface area contributed by atoms with Crippen molar-refractivity contribution in [3.63, 3.8) is 0 Å². The summed E-state index contributed by atoms with van der Waals surface area (Å²) in [6.45, 7) is 4.09. The summed E-state index contributed by atoms with van der Waals surface area (Å²) in [5, 5.41) is 9.07. The molecule has 3 nitrogen and oxygen atoms in total. The normalized spacial score (nSPS) is 28.8. The number of piperidine rings is 1. The predicted molar refractivity (Wildman–Crippen MR) is 49.9 cm³/mol. The number of hydrogen-bond donors (Lipinski definition) is 2. The molecule has 1 aliphatic rings. The van der Waals surface area contributed by atoms with Crippen molar-refractivity contribution in [2.45, 2.75) is 38.3 Å². The molecule has 1 heterocycles. The Bertz CT molecular complexity index is 126. The number of likely N-dealkylation sites (tertiary alicyclic amines) is 1. The Balaban J connectivity index is 2.45.